The molecule has 1 N–H and O–H groups in total. The Labute approximate surface area is 161 Å². The van der Waals surface area contributed by atoms with E-state index >= 15 is 0 Å². The highest BCUT2D eigenvalue weighted by Crippen LogP contribution is 2.24. The lowest BCUT2D eigenvalue weighted by molar-refractivity contribution is 0.590. The summed E-state index contributed by atoms with van der Waals surface area (Å²) in [7, 11) is 0. The van der Waals surface area contributed by atoms with Crippen molar-refractivity contribution < 1.29 is 0 Å². The normalized spacial score (nSPS) is 11.2. The summed E-state index contributed by atoms with van der Waals surface area (Å²) in [4.78, 5) is 5.19. The molecule has 0 aliphatic rings. The molecule has 3 rings (SSSR count). The number of rotatable bonds is 3. The van der Waals surface area contributed by atoms with Gasteiger partial charge in [0.05, 0.1) is 5.69 Å². The van der Waals surface area contributed by atoms with Crippen LogP contribution in [0.5, 0.6) is 0 Å². The molecule has 1 aromatic heterocycles. The number of anilines is 1. The van der Waals surface area contributed by atoms with E-state index in [1.807, 2.05) is 24.4 Å². The van der Waals surface area contributed by atoms with E-state index in [0.29, 0.717) is 0 Å². The van der Waals surface area contributed by atoms with Gasteiger partial charge in [0.15, 0.2) is 0 Å². The second kappa shape index (κ2) is 7.38. The van der Waals surface area contributed by atoms with Gasteiger partial charge in [-0.2, -0.15) is 0 Å². The fraction of sp³-hybridized carbons (Fsp3) is 0.217. The van der Waals surface area contributed by atoms with Crippen LogP contribution in [0.1, 0.15) is 37.5 Å². The first-order chi connectivity index (χ1) is 12.3. The standard InChI is InChI=1S/C23H24N2S/c1-16-6-5-15-24-21(16)17-7-9-18(10-8-17)22(26)25-20-13-11-19(12-14-20)23(2,3)4/h5-15H,1-4H3,(H,25,26). The maximum absolute atomic E-state index is 5.57. The van der Waals surface area contributed by atoms with Gasteiger partial charge in [-0.15, -0.1) is 0 Å². The smallest absolute Gasteiger partial charge is 0.110 e. The highest BCUT2D eigenvalue weighted by Gasteiger charge is 2.13. The Balaban J connectivity index is 1.73. The van der Waals surface area contributed by atoms with Gasteiger partial charge in [-0.3, -0.25) is 4.98 Å². The second-order valence-electron chi connectivity index (χ2n) is 7.53. The third-order valence-corrected chi connectivity index (χ3v) is 4.78. The molecule has 3 heteroatoms. The molecule has 0 spiro atoms. The first-order valence-electron chi connectivity index (χ1n) is 8.78. The van der Waals surface area contributed by atoms with Gasteiger partial charge in [0, 0.05) is 23.0 Å². The molecule has 26 heavy (non-hydrogen) atoms. The Morgan fingerprint density at radius 3 is 2.15 bits per heavy atom. The van der Waals surface area contributed by atoms with Crippen LogP contribution in [-0.2, 0) is 5.41 Å². The van der Waals surface area contributed by atoms with Crippen LogP contribution in [0.2, 0.25) is 0 Å². The molecule has 0 unspecified atom stereocenters. The summed E-state index contributed by atoms with van der Waals surface area (Å²) in [5.74, 6) is 0. The Morgan fingerprint density at radius 1 is 0.923 bits per heavy atom. The third kappa shape index (κ3) is 4.17. The molecule has 0 saturated carbocycles. The molecule has 0 bridgehead atoms. The zero-order chi connectivity index (χ0) is 18.7. The number of nitrogens with one attached hydrogen (secondary N) is 1. The van der Waals surface area contributed by atoms with Gasteiger partial charge >= 0.3 is 0 Å². The maximum Gasteiger partial charge on any atom is 0.110 e. The minimum absolute atomic E-state index is 0.151. The van der Waals surface area contributed by atoms with E-state index in [-0.39, 0.29) is 5.41 Å². The zero-order valence-electron chi connectivity index (χ0n) is 15.7. The third-order valence-electron chi connectivity index (χ3n) is 4.44. The highest BCUT2D eigenvalue weighted by molar-refractivity contribution is 7.81. The minimum Gasteiger partial charge on any atom is -0.346 e. The van der Waals surface area contributed by atoms with Crippen molar-refractivity contribution in [1.82, 2.24) is 4.98 Å². The first-order valence-corrected chi connectivity index (χ1v) is 9.19. The number of thiocarbonyl (C=S) groups is 1. The molecule has 0 saturated heterocycles. The van der Waals surface area contributed by atoms with Crippen LogP contribution in [-0.4, -0.2) is 9.97 Å². The van der Waals surface area contributed by atoms with Crippen molar-refractivity contribution in [2.75, 3.05) is 5.32 Å². The van der Waals surface area contributed by atoms with E-state index < -0.39 is 0 Å². The topological polar surface area (TPSA) is 24.9 Å². The molecule has 2 aromatic carbocycles. The predicted molar refractivity (Wildman–Crippen MR) is 115 cm³/mol. The molecular weight excluding hydrogens is 336 g/mol. The predicted octanol–water partition coefficient (Wildman–Crippen LogP) is 6.14. The number of aryl methyl sites for hydroxylation is 1. The molecule has 0 radical (unpaired) electrons. The van der Waals surface area contributed by atoms with E-state index in [4.69, 9.17) is 12.2 Å². The van der Waals surface area contributed by atoms with E-state index in [1.54, 1.807) is 0 Å². The average molecular weight is 361 g/mol. The lowest BCUT2D eigenvalue weighted by atomic mass is 9.87. The van der Waals surface area contributed by atoms with Crippen molar-refractivity contribution in [2.24, 2.45) is 0 Å². The fourth-order valence-corrected chi connectivity index (χ4v) is 3.08. The van der Waals surface area contributed by atoms with Gasteiger partial charge in [-0.25, -0.2) is 0 Å². The van der Waals surface area contributed by atoms with Gasteiger partial charge in [0.1, 0.15) is 4.99 Å². The number of pyridine rings is 1. The molecule has 0 fully saturated rings. The molecule has 2 nitrogen and oxygen atoms in total. The molecule has 132 valence electrons. The van der Waals surface area contributed by atoms with Gasteiger partial charge in [-0.1, -0.05) is 75.5 Å². The molecular formula is C23H24N2S. The van der Waals surface area contributed by atoms with E-state index in [2.05, 4.69) is 80.5 Å². The summed E-state index contributed by atoms with van der Waals surface area (Å²) in [6.45, 7) is 8.71. The molecule has 0 amide bonds. The Kier molecular flexibility index (Phi) is 5.19. The van der Waals surface area contributed by atoms with Crippen molar-refractivity contribution in [2.45, 2.75) is 33.1 Å². The second-order valence-corrected chi connectivity index (χ2v) is 7.94. The molecule has 0 aliphatic heterocycles. The van der Waals surface area contributed by atoms with Crippen LogP contribution in [0.25, 0.3) is 11.3 Å². The van der Waals surface area contributed by atoms with E-state index in [0.717, 1.165) is 27.5 Å². The number of hydrogen-bond donors (Lipinski definition) is 1. The van der Waals surface area contributed by atoms with Crippen LogP contribution in [0.3, 0.4) is 0 Å². The van der Waals surface area contributed by atoms with Crippen LogP contribution in [0.4, 0.5) is 5.69 Å². The summed E-state index contributed by atoms with van der Waals surface area (Å²) in [5, 5.41) is 3.32. The van der Waals surface area contributed by atoms with Gasteiger partial charge < -0.3 is 5.32 Å². The zero-order valence-corrected chi connectivity index (χ0v) is 16.5. The van der Waals surface area contributed by atoms with Crippen LogP contribution in [0.15, 0.2) is 66.9 Å². The summed E-state index contributed by atoms with van der Waals surface area (Å²) < 4.78 is 0. The van der Waals surface area contributed by atoms with E-state index in [1.165, 1.54) is 11.1 Å². The molecule has 0 atom stereocenters. The number of nitrogens with zero attached hydrogens (tertiary/aromatic N) is 1. The average Bonchev–Trinajstić information content (AvgIpc) is 2.62. The Morgan fingerprint density at radius 2 is 1.58 bits per heavy atom. The van der Waals surface area contributed by atoms with Crippen molar-refractivity contribution in [3.05, 3.63) is 83.6 Å². The minimum atomic E-state index is 0.151. The maximum atomic E-state index is 5.57. The lowest BCUT2D eigenvalue weighted by Crippen LogP contribution is -2.12. The monoisotopic (exact) mass is 360 g/mol. The quantitative estimate of drug-likeness (QED) is 0.568. The summed E-state index contributed by atoms with van der Waals surface area (Å²) in [6.07, 6.45) is 1.82. The summed E-state index contributed by atoms with van der Waals surface area (Å²) >= 11 is 5.57. The first kappa shape index (κ1) is 18.3. The van der Waals surface area contributed by atoms with Gasteiger partial charge in [-0.05, 0) is 41.7 Å². The van der Waals surface area contributed by atoms with Crippen molar-refractivity contribution in [1.29, 1.82) is 0 Å². The number of benzene rings is 2. The van der Waals surface area contributed by atoms with Crippen molar-refractivity contribution in [3.63, 3.8) is 0 Å². The Hall–Kier alpha value is -2.52. The van der Waals surface area contributed by atoms with E-state index in [9.17, 15) is 0 Å². The molecule has 0 aliphatic carbocycles. The highest BCUT2D eigenvalue weighted by atomic mass is 32.1. The van der Waals surface area contributed by atoms with Crippen molar-refractivity contribution in [3.8, 4) is 11.3 Å². The van der Waals surface area contributed by atoms with Gasteiger partial charge in [0.25, 0.3) is 0 Å². The summed E-state index contributed by atoms with van der Waals surface area (Å²) in [5.41, 5.74) is 6.74. The lowest BCUT2D eigenvalue weighted by Gasteiger charge is -2.19. The van der Waals surface area contributed by atoms with Crippen LogP contribution < -0.4 is 5.32 Å². The van der Waals surface area contributed by atoms with Crippen LogP contribution >= 0.6 is 12.2 Å². The van der Waals surface area contributed by atoms with Gasteiger partial charge in [0.2, 0.25) is 0 Å². The SMILES string of the molecule is Cc1cccnc1-c1ccc(C(=S)Nc2ccc(C(C)(C)C)cc2)cc1. The van der Waals surface area contributed by atoms with Crippen LogP contribution in [0, 0.1) is 6.92 Å². The number of aromatic nitrogens is 1. The van der Waals surface area contributed by atoms with Crippen molar-refractivity contribution >= 4 is 22.9 Å². The summed E-state index contributed by atoms with van der Waals surface area (Å²) in [6, 6.07) is 20.7. The molecule has 3 aromatic rings. The fourth-order valence-electron chi connectivity index (χ4n) is 2.82. The molecule has 1 heterocycles. The largest absolute Gasteiger partial charge is 0.346 e. The Bertz CT molecular complexity index is 904. The number of hydrogen-bond acceptors (Lipinski definition) is 2.